The normalized spacial score (nSPS) is 20.8. The highest BCUT2D eigenvalue weighted by Crippen LogP contribution is 2.52. The maximum atomic E-state index is 13.6. The van der Waals surface area contributed by atoms with Gasteiger partial charge in [-0.2, -0.15) is 27.1 Å². The Morgan fingerprint density at radius 1 is 1.50 bits per heavy atom. The molecule has 0 aromatic carbocycles. The van der Waals surface area contributed by atoms with Gasteiger partial charge < -0.3 is 4.74 Å². The fourth-order valence-corrected chi connectivity index (χ4v) is 2.35. The summed E-state index contributed by atoms with van der Waals surface area (Å²) in [5.74, 6) is -5.52. The van der Waals surface area contributed by atoms with E-state index in [9.17, 15) is 26.7 Å². The zero-order valence-electron chi connectivity index (χ0n) is 10.4. The summed E-state index contributed by atoms with van der Waals surface area (Å²) in [6.45, 7) is 1.55. The highest BCUT2D eigenvalue weighted by molar-refractivity contribution is 5.71. The maximum absolute atomic E-state index is 13.6. The molecule has 0 radical (unpaired) electrons. The minimum absolute atomic E-state index is 0.0340. The summed E-state index contributed by atoms with van der Waals surface area (Å²) in [6, 6.07) is 0. The lowest BCUT2D eigenvalue weighted by atomic mass is 9.97. The van der Waals surface area contributed by atoms with Gasteiger partial charge in [-0.15, -0.1) is 0 Å². The van der Waals surface area contributed by atoms with Gasteiger partial charge in [0.15, 0.2) is 5.69 Å². The molecule has 0 saturated carbocycles. The number of rotatable bonds is 3. The molecule has 20 heavy (non-hydrogen) atoms. The number of carbonyl (C=O) groups is 1. The Morgan fingerprint density at radius 2 is 2.15 bits per heavy atom. The van der Waals surface area contributed by atoms with Crippen molar-refractivity contribution in [3.05, 3.63) is 17.0 Å². The van der Waals surface area contributed by atoms with E-state index in [0.29, 0.717) is 0 Å². The minimum atomic E-state index is -4.85. The number of hydrogen-bond donors (Lipinski definition) is 1. The van der Waals surface area contributed by atoms with Crippen LogP contribution in [0.3, 0.4) is 0 Å². The molecule has 0 amide bonds. The molecular weight excluding hydrogens is 287 g/mol. The molecule has 1 heterocycles. The summed E-state index contributed by atoms with van der Waals surface area (Å²) in [4.78, 5) is 11.3. The number of hydrogen-bond acceptors (Lipinski definition) is 3. The predicted molar refractivity (Wildman–Crippen MR) is 56.1 cm³/mol. The number of aromatic nitrogens is 2. The van der Waals surface area contributed by atoms with Crippen molar-refractivity contribution in [2.45, 2.75) is 37.8 Å². The second-order valence-electron chi connectivity index (χ2n) is 4.47. The van der Waals surface area contributed by atoms with Gasteiger partial charge in [0, 0.05) is 17.9 Å². The molecule has 1 unspecified atom stereocenters. The highest BCUT2D eigenvalue weighted by atomic mass is 19.4. The van der Waals surface area contributed by atoms with Crippen LogP contribution >= 0.6 is 0 Å². The number of alkyl halides is 5. The SMILES string of the molecule is CCOC(=O)CC1CC(F)(F)c2[nH]nc(C(F)(F)F)c21. The molecule has 1 aromatic rings. The van der Waals surface area contributed by atoms with Gasteiger partial charge >= 0.3 is 12.1 Å². The van der Waals surface area contributed by atoms with Crippen molar-refractivity contribution in [1.82, 2.24) is 10.2 Å². The fraction of sp³-hybridized carbons (Fsp3) is 0.636. The summed E-state index contributed by atoms with van der Waals surface area (Å²) in [6.07, 6.45) is -6.24. The van der Waals surface area contributed by atoms with Crippen molar-refractivity contribution >= 4 is 5.97 Å². The molecule has 1 aliphatic rings. The Morgan fingerprint density at radius 3 is 2.70 bits per heavy atom. The number of carbonyl (C=O) groups excluding carboxylic acids is 1. The minimum Gasteiger partial charge on any atom is -0.466 e. The molecule has 2 rings (SSSR count). The van der Waals surface area contributed by atoms with Gasteiger partial charge in [0.2, 0.25) is 0 Å². The maximum Gasteiger partial charge on any atom is 0.435 e. The summed E-state index contributed by atoms with van der Waals surface area (Å²) in [7, 11) is 0. The average molecular weight is 298 g/mol. The van der Waals surface area contributed by atoms with Crippen LogP contribution in [0.25, 0.3) is 0 Å². The third kappa shape index (κ3) is 2.48. The van der Waals surface area contributed by atoms with Crippen molar-refractivity contribution in [2.24, 2.45) is 0 Å². The van der Waals surface area contributed by atoms with Crippen LogP contribution in [0.15, 0.2) is 0 Å². The Labute approximate surface area is 110 Å². The van der Waals surface area contributed by atoms with E-state index >= 15 is 0 Å². The summed E-state index contributed by atoms with van der Waals surface area (Å²) >= 11 is 0. The zero-order valence-corrected chi connectivity index (χ0v) is 10.4. The van der Waals surface area contributed by atoms with Gasteiger partial charge in [-0.3, -0.25) is 9.89 Å². The van der Waals surface area contributed by atoms with Crippen LogP contribution in [-0.4, -0.2) is 22.8 Å². The van der Waals surface area contributed by atoms with Crippen molar-refractivity contribution in [3.8, 4) is 0 Å². The van der Waals surface area contributed by atoms with Gasteiger partial charge in [-0.05, 0) is 6.92 Å². The molecule has 0 saturated heterocycles. The Balaban J connectivity index is 2.37. The highest BCUT2D eigenvalue weighted by Gasteiger charge is 2.53. The number of nitrogens with zero attached hydrogens (tertiary/aromatic N) is 1. The number of aromatic amines is 1. The van der Waals surface area contributed by atoms with E-state index in [1.165, 1.54) is 6.92 Å². The lowest BCUT2D eigenvalue weighted by molar-refractivity contribution is -0.145. The van der Waals surface area contributed by atoms with Gasteiger partial charge in [-0.25, -0.2) is 0 Å². The standard InChI is InChI=1S/C11H11F5N2O2/c1-2-20-6(19)3-5-4-10(12,13)8-7(5)9(18-17-8)11(14,15)16/h5H,2-4H2,1H3,(H,17,18). The third-order valence-electron chi connectivity index (χ3n) is 3.07. The van der Waals surface area contributed by atoms with Crippen LogP contribution in [-0.2, 0) is 21.6 Å². The van der Waals surface area contributed by atoms with E-state index in [-0.39, 0.29) is 6.61 Å². The van der Waals surface area contributed by atoms with E-state index in [4.69, 9.17) is 0 Å². The first-order chi connectivity index (χ1) is 9.16. The molecule has 0 fully saturated rings. The van der Waals surface area contributed by atoms with Crippen molar-refractivity contribution in [3.63, 3.8) is 0 Å². The summed E-state index contributed by atoms with van der Waals surface area (Å²) in [5, 5.41) is 4.67. The fourth-order valence-electron chi connectivity index (χ4n) is 2.35. The second-order valence-corrected chi connectivity index (χ2v) is 4.47. The molecule has 4 nitrogen and oxygen atoms in total. The Hall–Kier alpha value is -1.67. The monoisotopic (exact) mass is 298 g/mol. The topological polar surface area (TPSA) is 55.0 Å². The first-order valence-electron chi connectivity index (χ1n) is 5.86. The predicted octanol–water partition coefficient (Wildman–Crippen LogP) is 2.96. The van der Waals surface area contributed by atoms with E-state index in [1.54, 1.807) is 5.10 Å². The molecule has 1 aliphatic carbocycles. The quantitative estimate of drug-likeness (QED) is 0.689. The van der Waals surface area contributed by atoms with Gasteiger partial charge in [-0.1, -0.05) is 0 Å². The van der Waals surface area contributed by atoms with E-state index in [0.717, 1.165) is 0 Å². The average Bonchev–Trinajstić information content (AvgIpc) is 2.80. The summed E-state index contributed by atoms with van der Waals surface area (Å²) in [5.41, 5.74) is -2.88. The number of H-pyrrole nitrogens is 1. The lowest BCUT2D eigenvalue weighted by Crippen LogP contribution is -2.15. The number of nitrogens with one attached hydrogen (secondary N) is 1. The molecule has 0 aliphatic heterocycles. The van der Waals surface area contributed by atoms with Crippen LogP contribution in [0.2, 0.25) is 0 Å². The molecular formula is C11H11F5N2O2. The Kier molecular flexibility index (Phi) is 3.47. The molecule has 1 N–H and O–H groups in total. The van der Waals surface area contributed by atoms with E-state index in [1.807, 2.05) is 0 Å². The first kappa shape index (κ1) is 14.7. The Bertz CT molecular complexity index is 523. The number of fused-ring (bicyclic) bond motifs is 1. The van der Waals surface area contributed by atoms with Crippen molar-refractivity contribution in [2.75, 3.05) is 6.61 Å². The van der Waals surface area contributed by atoms with Crippen LogP contribution in [0.4, 0.5) is 22.0 Å². The second kappa shape index (κ2) is 4.71. The first-order valence-corrected chi connectivity index (χ1v) is 5.86. The number of halogens is 5. The largest absolute Gasteiger partial charge is 0.466 e. The number of esters is 1. The van der Waals surface area contributed by atoms with Crippen molar-refractivity contribution in [1.29, 1.82) is 0 Å². The van der Waals surface area contributed by atoms with Crippen LogP contribution in [0.5, 0.6) is 0 Å². The van der Waals surface area contributed by atoms with Crippen LogP contribution < -0.4 is 0 Å². The summed E-state index contributed by atoms with van der Waals surface area (Å²) < 4.78 is 70.1. The van der Waals surface area contributed by atoms with E-state index in [2.05, 4.69) is 9.84 Å². The van der Waals surface area contributed by atoms with Gasteiger partial charge in [0.25, 0.3) is 5.92 Å². The molecule has 0 bridgehead atoms. The smallest absolute Gasteiger partial charge is 0.435 e. The molecule has 1 atom stereocenters. The molecule has 9 heteroatoms. The molecule has 0 spiro atoms. The lowest BCUT2D eigenvalue weighted by Gasteiger charge is -2.13. The van der Waals surface area contributed by atoms with Crippen molar-refractivity contribution < 1.29 is 31.5 Å². The number of ether oxygens (including phenoxy) is 1. The van der Waals surface area contributed by atoms with Gasteiger partial charge in [0.05, 0.1) is 13.0 Å². The molecule has 1 aromatic heterocycles. The third-order valence-corrected chi connectivity index (χ3v) is 3.07. The van der Waals surface area contributed by atoms with Crippen LogP contribution in [0, 0.1) is 0 Å². The zero-order chi connectivity index (χ0) is 15.1. The van der Waals surface area contributed by atoms with Gasteiger partial charge in [0.1, 0.15) is 5.69 Å². The molecule has 112 valence electrons. The van der Waals surface area contributed by atoms with Crippen LogP contribution in [0.1, 0.15) is 42.6 Å². The van der Waals surface area contributed by atoms with E-state index < -0.39 is 53.8 Å².